The number of carbonyl (C=O) groups is 1. The lowest BCUT2D eigenvalue weighted by Gasteiger charge is -2.31. The van der Waals surface area contributed by atoms with E-state index in [1.54, 1.807) is 0 Å². The van der Waals surface area contributed by atoms with Crippen molar-refractivity contribution in [3.05, 3.63) is 0 Å². The summed E-state index contributed by atoms with van der Waals surface area (Å²) in [7, 11) is 0. The smallest absolute Gasteiger partial charge is 0.404 e. The van der Waals surface area contributed by atoms with Gasteiger partial charge in [-0.25, -0.2) is 4.79 Å². The molecule has 5 heteroatoms. The van der Waals surface area contributed by atoms with Crippen LogP contribution in [0.3, 0.4) is 0 Å². The number of amides is 1. The van der Waals surface area contributed by atoms with Crippen molar-refractivity contribution in [2.24, 2.45) is 11.8 Å². The van der Waals surface area contributed by atoms with Gasteiger partial charge >= 0.3 is 6.09 Å². The minimum absolute atomic E-state index is 0.264. The van der Waals surface area contributed by atoms with Crippen molar-refractivity contribution in [3.63, 3.8) is 0 Å². The molecule has 1 aliphatic carbocycles. The van der Waals surface area contributed by atoms with Crippen molar-refractivity contribution in [2.45, 2.75) is 77.0 Å². The van der Waals surface area contributed by atoms with E-state index in [9.17, 15) is 15.0 Å². The van der Waals surface area contributed by atoms with E-state index >= 15 is 0 Å². The molecule has 1 aliphatic rings. The minimum Gasteiger partial charge on any atom is -0.465 e. The first kappa shape index (κ1) is 17.2. The quantitative estimate of drug-likeness (QED) is 0.578. The molecule has 0 saturated heterocycles. The molecule has 0 aliphatic heterocycles. The molecule has 118 valence electrons. The average molecular weight is 287 g/mol. The first-order valence-electron chi connectivity index (χ1n) is 7.75. The summed E-state index contributed by atoms with van der Waals surface area (Å²) in [6.07, 6.45) is 3.81. The maximum absolute atomic E-state index is 10.9. The van der Waals surface area contributed by atoms with Crippen molar-refractivity contribution in [2.75, 3.05) is 0 Å². The molecule has 20 heavy (non-hydrogen) atoms. The predicted molar refractivity (Wildman–Crippen MR) is 77.6 cm³/mol. The molecule has 0 aromatic carbocycles. The lowest BCUT2D eigenvalue weighted by molar-refractivity contribution is -0.0186. The second kappa shape index (κ2) is 8.47. The molecule has 0 bridgehead atoms. The zero-order chi connectivity index (χ0) is 15.1. The first-order valence-corrected chi connectivity index (χ1v) is 7.75. The fourth-order valence-electron chi connectivity index (χ4n) is 3.11. The van der Waals surface area contributed by atoms with E-state index in [2.05, 4.69) is 5.32 Å². The molecule has 0 aromatic rings. The Bertz CT molecular complexity index is 290. The Kier molecular flexibility index (Phi) is 7.30. The molecule has 1 amide bonds. The number of aliphatic hydroxyl groups excluding tert-OH is 2. The van der Waals surface area contributed by atoms with Crippen LogP contribution in [-0.4, -0.2) is 39.7 Å². The molecule has 3 unspecified atom stereocenters. The normalized spacial score (nSPS) is 21.4. The lowest BCUT2D eigenvalue weighted by atomic mass is 9.82. The Morgan fingerprint density at radius 1 is 1.20 bits per heavy atom. The number of aliphatic hydroxyl groups is 2. The third-order valence-electron chi connectivity index (χ3n) is 4.14. The van der Waals surface area contributed by atoms with Gasteiger partial charge in [-0.05, 0) is 24.7 Å². The summed E-state index contributed by atoms with van der Waals surface area (Å²) in [5.74, 6) is 0.710. The van der Waals surface area contributed by atoms with Crippen molar-refractivity contribution in [3.8, 4) is 0 Å². The monoisotopic (exact) mass is 287 g/mol. The predicted octanol–water partition coefficient (Wildman–Crippen LogP) is 2.36. The number of hydrogen-bond donors (Lipinski definition) is 4. The zero-order valence-corrected chi connectivity index (χ0v) is 12.6. The van der Waals surface area contributed by atoms with E-state index in [0.29, 0.717) is 18.8 Å². The van der Waals surface area contributed by atoms with Gasteiger partial charge in [0.25, 0.3) is 0 Å². The van der Waals surface area contributed by atoms with Crippen molar-refractivity contribution in [1.82, 2.24) is 5.32 Å². The highest BCUT2D eigenvalue weighted by Crippen LogP contribution is 2.28. The lowest BCUT2D eigenvalue weighted by Crippen LogP contribution is -2.49. The van der Waals surface area contributed by atoms with E-state index in [1.165, 1.54) is 19.3 Å². The Labute approximate surface area is 121 Å². The fraction of sp³-hybridized carbons (Fsp3) is 0.933. The Balaban J connectivity index is 2.58. The van der Waals surface area contributed by atoms with Crippen LogP contribution in [0.5, 0.6) is 0 Å². The van der Waals surface area contributed by atoms with E-state index < -0.39 is 24.3 Å². The summed E-state index contributed by atoms with van der Waals surface area (Å²) >= 11 is 0. The van der Waals surface area contributed by atoms with Crippen LogP contribution in [0.4, 0.5) is 4.79 Å². The molecule has 0 aromatic heterocycles. The highest BCUT2D eigenvalue weighted by molar-refractivity contribution is 5.64. The van der Waals surface area contributed by atoms with Crippen LogP contribution in [0.1, 0.15) is 58.8 Å². The van der Waals surface area contributed by atoms with Gasteiger partial charge in [-0.2, -0.15) is 0 Å². The van der Waals surface area contributed by atoms with Gasteiger partial charge in [-0.1, -0.05) is 46.0 Å². The second-order valence-electron chi connectivity index (χ2n) is 6.48. The summed E-state index contributed by atoms with van der Waals surface area (Å²) in [6.45, 7) is 3.94. The fourth-order valence-corrected chi connectivity index (χ4v) is 3.11. The summed E-state index contributed by atoms with van der Waals surface area (Å²) in [5, 5.41) is 31.6. The van der Waals surface area contributed by atoms with Crippen LogP contribution in [-0.2, 0) is 0 Å². The minimum atomic E-state index is -1.14. The highest BCUT2D eigenvalue weighted by atomic mass is 16.4. The topological polar surface area (TPSA) is 89.8 Å². The third-order valence-corrected chi connectivity index (χ3v) is 4.14. The van der Waals surface area contributed by atoms with E-state index in [-0.39, 0.29) is 5.92 Å². The standard InChI is InChI=1S/C15H29NO4/c1-10(2)8-13(17)14(18)12(16-15(19)20)9-11-6-4-3-5-7-11/h10-14,16-18H,3-9H2,1-2H3,(H,19,20). The third kappa shape index (κ3) is 6.09. The van der Waals surface area contributed by atoms with Gasteiger partial charge in [-0.3, -0.25) is 0 Å². The van der Waals surface area contributed by atoms with Crippen LogP contribution >= 0.6 is 0 Å². The van der Waals surface area contributed by atoms with Gasteiger partial charge in [0.05, 0.1) is 12.1 Å². The van der Waals surface area contributed by atoms with Gasteiger partial charge in [0, 0.05) is 0 Å². The highest BCUT2D eigenvalue weighted by Gasteiger charge is 2.30. The average Bonchev–Trinajstić information content (AvgIpc) is 2.37. The first-order chi connectivity index (χ1) is 9.40. The largest absolute Gasteiger partial charge is 0.465 e. The maximum atomic E-state index is 10.9. The molecule has 0 radical (unpaired) electrons. The maximum Gasteiger partial charge on any atom is 0.404 e. The molecular weight excluding hydrogens is 258 g/mol. The van der Waals surface area contributed by atoms with E-state index in [4.69, 9.17) is 5.11 Å². The van der Waals surface area contributed by atoms with Gasteiger partial charge < -0.3 is 20.6 Å². The molecule has 0 heterocycles. The van der Waals surface area contributed by atoms with E-state index in [1.807, 2.05) is 13.8 Å². The molecule has 1 saturated carbocycles. The second-order valence-corrected chi connectivity index (χ2v) is 6.48. The number of hydrogen-bond acceptors (Lipinski definition) is 3. The van der Waals surface area contributed by atoms with Gasteiger partial charge in [-0.15, -0.1) is 0 Å². The van der Waals surface area contributed by atoms with Gasteiger partial charge in [0.2, 0.25) is 0 Å². The molecule has 0 spiro atoms. The van der Waals surface area contributed by atoms with Crippen LogP contribution < -0.4 is 5.32 Å². The molecule has 1 rings (SSSR count). The summed E-state index contributed by atoms with van der Waals surface area (Å²) in [6, 6.07) is -0.579. The zero-order valence-electron chi connectivity index (χ0n) is 12.6. The Morgan fingerprint density at radius 3 is 2.30 bits per heavy atom. The summed E-state index contributed by atoms with van der Waals surface area (Å²) in [5.41, 5.74) is 0. The van der Waals surface area contributed by atoms with Gasteiger partial charge in [0.1, 0.15) is 6.10 Å². The summed E-state index contributed by atoms with van der Waals surface area (Å²) < 4.78 is 0. The number of rotatable bonds is 7. The van der Waals surface area contributed by atoms with Crippen molar-refractivity contribution >= 4 is 6.09 Å². The van der Waals surface area contributed by atoms with Crippen LogP contribution in [0.15, 0.2) is 0 Å². The Morgan fingerprint density at radius 2 is 1.80 bits per heavy atom. The molecule has 5 nitrogen and oxygen atoms in total. The molecular formula is C15H29NO4. The molecule has 3 atom stereocenters. The van der Waals surface area contributed by atoms with Crippen LogP contribution in [0.25, 0.3) is 0 Å². The summed E-state index contributed by atoms with van der Waals surface area (Å²) in [4.78, 5) is 10.9. The van der Waals surface area contributed by atoms with E-state index in [0.717, 1.165) is 12.8 Å². The molecule has 4 N–H and O–H groups in total. The molecule has 1 fully saturated rings. The van der Waals surface area contributed by atoms with Crippen LogP contribution in [0, 0.1) is 11.8 Å². The SMILES string of the molecule is CC(C)CC(O)C(O)C(CC1CCCCC1)NC(=O)O. The number of carboxylic acid groups (broad SMARTS) is 1. The van der Waals surface area contributed by atoms with Gasteiger partial charge in [0.15, 0.2) is 0 Å². The van der Waals surface area contributed by atoms with Crippen LogP contribution in [0.2, 0.25) is 0 Å². The number of nitrogens with one attached hydrogen (secondary N) is 1. The van der Waals surface area contributed by atoms with Crippen molar-refractivity contribution in [1.29, 1.82) is 0 Å². The Hall–Kier alpha value is -0.810. The van der Waals surface area contributed by atoms with Crippen molar-refractivity contribution < 1.29 is 20.1 Å².